The van der Waals surface area contributed by atoms with Crippen molar-refractivity contribution in [3.8, 4) is 0 Å². The van der Waals surface area contributed by atoms with Crippen molar-refractivity contribution in [3.05, 3.63) is 29.1 Å². The highest BCUT2D eigenvalue weighted by Gasteiger charge is 2.32. The number of aliphatic hydroxyl groups is 1. The standard InChI is InChI=1S/C12H12F5NO/c1-5-2-3-18(4-6(5)19)12-10(16)8(14)7(13)9(15)11(12)17/h5-6,19H,2-4H2,1H3. The highest BCUT2D eigenvalue weighted by atomic mass is 19.2. The molecule has 1 aromatic rings. The van der Waals surface area contributed by atoms with Crippen molar-refractivity contribution in [3.63, 3.8) is 0 Å². The summed E-state index contributed by atoms with van der Waals surface area (Å²) in [6.07, 6.45) is -0.468. The van der Waals surface area contributed by atoms with Gasteiger partial charge in [-0.1, -0.05) is 6.92 Å². The smallest absolute Gasteiger partial charge is 0.200 e. The first-order chi connectivity index (χ1) is 8.84. The third-order valence-electron chi connectivity index (χ3n) is 3.42. The summed E-state index contributed by atoms with van der Waals surface area (Å²) in [5.74, 6) is -9.93. The molecule has 1 aliphatic rings. The molecule has 2 nitrogen and oxygen atoms in total. The van der Waals surface area contributed by atoms with Gasteiger partial charge in [-0.15, -0.1) is 0 Å². The highest BCUT2D eigenvalue weighted by Crippen LogP contribution is 2.32. The number of nitrogens with zero attached hydrogens (tertiary/aromatic N) is 1. The molecule has 19 heavy (non-hydrogen) atoms. The van der Waals surface area contributed by atoms with Crippen LogP contribution < -0.4 is 4.90 Å². The van der Waals surface area contributed by atoms with Crippen LogP contribution in [-0.4, -0.2) is 24.3 Å². The largest absolute Gasteiger partial charge is 0.391 e. The molecule has 1 fully saturated rings. The van der Waals surface area contributed by atoms with Crippen LogP contribution >= 0.6 is 0 Å². The minimum absolute atomic E-state index is 0.0856. The van der Waals surface area contributed by atoms with Gasteiger partial charge >= 0.3 is 0 Å². The molecule has 2 atom stereocenters. The maximum Gasteiger partial charge on any atom is 0.200 e. The zero-order chi connectivity index (χ0) is 14.3. The third kappa shape index (κ3) is 2.27. The summed E-state index contributed by atoms with van der Waals surface area (Å²) in [6.45, 7) is 1.71. The lowest BCUT2D eigenvalue weighted by Gasteiger charge is -2.36. The zero-order valence-electron chi connectivity index (χ0n) is 10.1. The quantitative estimate of drug-likeness (QED) is 0.486. The summed E-state index contributed by atoms with van der Waals surface area (Å²) in [6, 6.07) is 0. The second kappa shape index (κ2) is 4.96. The highest BCUT2D eigenvalue weighted by molar-refractivity contribution is 5.51. The van der Waals surface area contributed by atoms with Gasteiger partial charge < -0.3 is 10.0 Å². The second-order valence-corrected chi connectivity index (χ2v) is 4.70. The van der Waals surface area contributed by atoms with Crippen LogP contribution in [0.2, 0.25) is 0 Å². The molecular weight excluding hydrogens is 269 g/mol. The van der Waals surface area contributed by atoms with E-state index in [1.54, 1.807) is 6.92 Å². The number of aliphatic hydroxyl groups excluding tert-OH is 1. The Morgan fingerprint density at radius 1 is 0.947 bits per heavy atom. The average Bonchev–Trinajstić information content (AvgIpc) is 2.38. The molecule has 1 aromatic carbocycles. The van der Waals surface area contributed by atoms with E-state index in [9.17, 15) is 27.1 Å². The zero-order valence-corrected chi connectivity index (χ0v) is 10.1. The van der Waals surface area contributed by atoms with Crippen LogP contribution in [0.1, 0.15) is 13.3 Å². The molecule has 0 aliphatic carbocycles. The van der Waals surface area contributed by atoms with Gasteiger partial charge in [-0.2, -0.15) is 0 Å². The Labute approximate surface area is 106 Å². The van der Waals surface area contributed by atoms with Crippen LogP contribution in [0.25, 0.3) is 0 Å². The van der Waals surface area contributed by atoms with Gasteiger partial charge in [0.15, 0.2) is 23.3 Å². The normalized spacial score (nSPS) is 23.8. The van der Waals surface area contributed by atoms with Crippen molar-refractivity contribution in [2.75, 3.05) is 18.0 Å². The first-order valence-corrected chi connectivity index (χ1v) is 5.79. The predicted octanol–water partition coefficient (Wildman–Crippen LogP) is 2.59. The van der Waals surface area contributed by atoms with Crippen LogP contribution in [0, 0.1) is 35.0 Å². The Morgan fingerprint density at radius 2 is 1.42 bits per heavy atom. The summed E-state index contributed by atoms with van der Waals surface area (Å²) in [5.41, 5.74) is -0.970. The summed E-state index contributed by atoms with van der Waals surface area (Å²) >= 11 is 0. The van der Waals surface area contributed by atoms with Gasteiger partial charge in [0.2, 0.25) is 5.82 Å². The Balaban J connectivity index is 2.46. The monoisotopic (exact) mass is 281 g/mol. The number of halogens is 5. The lowest BCUT2D eigenvalue weighted by molar-refractivity contribution is 0.102. The number of piperidine rings is 1. The summed E-state index contributed by atoms with van der Waals surface area (Å²) in [5, 5.41) is 9.64. The van der Waals surface area contributed by atoms with E-state index in [4.69, 9.17) is 0 Å². The van der Waals surface area contributed by atoms with Crippen molar-refractivity contribution in [2.24, 2.45) is 5.92 Å². The number of benzene rings is 1. The minimum atomic E-state index is -2.18. The molecule has 1 heterocycles. The fourth-order valence-corrected chi connectivity index (χ4v) is 2.12. The van der Waals surface area contributed by atoms with Crippen molar-refractivity contribution in [1.82, 2.24) is 0 Å². The molecule has 2 unspecified atom stereocenters. The minimum Gasteiger partial charge on any atom is -0.391 e. The first-order valence-electron chi connectivity index (χ1n) is 5.79. The van der Waals surface area contributed by atoms with Crippen LogP contribution in [0.5, 0.6) is 0 Å². The van der Waals surface area contributed by atoms with Crippen LogP contribution in [0.3, 0.4) is 0 Å². The van der Waals surface area contributed by atoms with Crippen LogP contribution in [0.15, 0.2) is 0 Å². The fraction of sp³-hybridized carbons (Fsp3) is 0.500. The Hall–Kier alpha value is -1.37. The number of hydrogen-bond acceptors (Lipinski definition) is 2. The van der Waals surface area contributed by atoms with Crippen molar-refractivity contribution < 1.29 is 27.1 Å². The van der Waals surface area contributed by atoms with Crippen molar-refractivity contribution >= 4 is 5.69 Å². The van der Waals surface area contributed by atoms with E-state index in [2.05, 4.69) is 0 Å². The Kier molecular flexibility index (Phi) is 3.66. The van der Waals surface area contributed by atoms with Gasteiger partial charge in [0.1, 0.15) is 5.69 Å². The molecule has 0 radical (unpaired) electrons. The molecule has 0 spiro atoms. The lowest BCUT2D eigenvalue weighted by atomic mass is 9.95. The number of anilines is 1. The molecule has 1 saturated heterocycles. The van der Waals surface area contributed by atoms with E-state index in [0.717, 1.165) is 4.90 Å². The van der Waals surface area contributed by atoms with Gasteiger partial charge in [0, 0.05) is 13.1 Å². The molecule has 1 N–H and O–H groups in total. The van der Waals surface area contributed by atoms with Crippen molar-refractivity contribution in [1.29, 1.82) is 0 Å². The SMILES string of the molecule is CC1CCN(c2c(F)c(F)c(F)c(F)c2F)CC1O. The molecule has 0 saturated carbocycles. The van der Waals surface area contributed by atoms with Crippen LogP contribution in [0.4, 0.5) is 27.6 Å². The van der Waals surface area contributed by atoms with Crippen LogP contribution in [-0.2, 0) is 0 Å². The predicted molar refractivity (Wildman–Crippen MR) is 58.2 cm³/mol. The summed E-state index contributed by atoms with van der Waals surface area (Å²) < 4.78 is 66.2. The summed E-state index contributed by atoms with van der Waals surface area (Å²) in [7, 11) is 0. The van der Waals surface area contributed by atoms with E-state index in [-0.39, 0.29) is 19.0 Å². The molecule has 7 heteroatoms. The Morgan fingerprint density at radius 3 is 1.89 bits per heavy atom. The van der Waals surface area contributed by atoms with Gasteiger partial charge in [0.05, 0.1) is 6.10 Å². The fourth-order valence-electron chi connectivity index (χ4n) is 2.12. The van der Waals surface area contributed by atoms with Gasteiger partial charge in [-0.3, -0.25) is 0 Å². The van der Waals surface area contributed by atoms with Gasteiger partial charge in [-0.05, 0) is 12.3 Å². The number of hydrogen-bond donors (Lipinski definition) is 1. The van der Waals surface area contributed by atoms with E-state index in [1.165, 1.54) is 0 Å². The molecule has 1 aliphatic heterocycles. The van der Waals surface area contributed by atoms with E-state index >= 15 is 0 Å². The molecule has 0 amide bonds. The maximum absolute atomic E-state index is 13.6. The maximum atomic E-state index is 13.6. The van der Waals surface area contributed by atoms with E-state index in [0.29, 0.717) is 6.42 Å². The van der Waals surface area contributed by atoms with Crippen molar-refractivity contribution in [2.45, 2.75) is 19.4 Å². The molecular formula is C12H12F5NO. The third-order valence-corrected chi connectivity index (χ3v) is 3.42. The van der Waals surface area contributed by atoms with E-state index in [1.807, 2.05) is 0 Å². The topological polar surface area (TPSA) is 23.5 Å². The second-order valence-electron chi connectivity index (χ2n) is 4.70. The summed E-state index contributed by atoms with van der Waals surface area (Å²) in [4.78, 5) is 0.987. The number of β-amino-alcohol motifs (C(OH)–C–C–N with tert-alkyl or cyclic N) is 1. The molecule has 0 aromatic heterocycles. The van der Waals surface area contributed by atoms with Gasteiger partial charge in [0.25, 0.3) is 0 Å². The molecule has 2 rings (SSSR count). The first kappa shape index (κ1) is 14.0. The van der Waals surface area contributed by atoms with E-state index < -0.39 is 40.9 Å². The number of rotatable bonds is 1. The Bertz CT molecular complexity index is 478. The lowest BCUT2D eigenvalue weighted by Crippen LogP contribution is -2.44. The van der Waals surface area contributed by atoms with Gasteiger partial charge in [-0.25, -0.2) is 22.0 Å². The molecule has 106 valence electrons. The molecule has 0 bridgehead atoms. The average molecular weight is 281 g/mol.